The number of aliphatic carboxylic acids is 1. The summed E-state index contributed by atoms with van der Waals surface area (Å²) in [5, 5.41) is 11.7. The molecule has 0 aromatic rings. The summed E-state index contributed by atoms with van der Waals surface area (Å²) in [6, 6.07) is -0.0632. The molecule has 0 aromatic heterocycles. The van der Waals surface area contributed by atoms with Crippen LogP contribution < -0.4 is 11.1 Å². The lowest BCUT2D eigenvalue weighted by Gasteiger charge is -2.37. The molecule has 2 amide bonds. The number of carbonyl (C=O) groups excluding carboxylic acids is 2. The maximum Gasteiger partial charge on any atom is 0.303 e. The van der Waals surface area contributed by atoms with Crippen molar-refractivity contribution in [3.05, 3.63) is 0 Å². The highest BCUT2D eigenvalue weighted by molar-refractivity contribution is 5.78. The zero-order valence-corrected chi connectivity index (χ0v) is 12.7. The van der Waals surface area contributed by atoms with Crippen LogP contribution in [0.25, 0.3) is 0 Å². The van der Waals surface area contributed by atoms with Crippen molar-refractivity contribution < 1.29 is 19.5 Å². The summed E-state index contributed by atoms with van der Waals surface area (Å²) in [5.74, 6) is -1.23. The van der Waals surface area contributed by atoms with Crippen molar-refractivity contribution in [3.63, 3.8) is 0 Å². The van der Waals surface area contributed by atoms with Gasteiger partial charge in [-0.3, -0.25) is 19.3 Å². The van der Waals surface area contributed by atoms with E-state index in [-0.39, 0.29) is 36.8 Å². The summed E-state index contributed by atoms with van der Waals surface area (Å²) in [4.78, 5) is 35.5. The van der Waals surface area contributed by atoms with E-state index in [0.29, 0.717) is 19.5 Å². The Morgan fingerprint density at radius 1 is 1.33 bits per heavy atom. The molecule has 7 heteroatoms. The van der Waals surface area contributed by atoms with Gasteiger partial charge in [0, 0.05) is 31.5 Å². The van der Waals surface area contributed by atoms with Gasteiger partial charge in [-0.05, 0) is 18.8 Å². The average molecular weight is 299 g/mol. The zero-order chi connectivity index (χ0) is 16.0. The van der Waals surface area contributed by atoms with Gasteiger partial charge in [-0.25, -0.2) is 0 Å². The molecule has 21 heavy (non-hydrogen) atoms. The molecule has 0 radical (unpaired) electrons. The molecule has 1 aliphatic heterocycles. The Balaban J connectivity index is 2.62. The summed E-state index contributed by atoms with van der Waals surface area (Å²) in [6.45, 7) is 5.00. The molecule has 7 nitrogen and oxygen atoms in total. The van der Waals surface area contributed by atoms with E-state index in [0.717, 1.165) is 6.42 Å². The van der Waals surface area contributed by atoms with Crippen molar-refractivity contribution in [2.75, 3.05) is 19.6 Å². The van der Waals surface area contributed by atoms with Gasteiger partial charge >= 0.3 is 5.97 Å². The minimum atomic E-state index is -0.829. The predicted molar refractivity (Wildman–Crippen MR) is 77.4 cm³/mol. The third-order valence-corrected chi connectivity index (χ3v) is 3.63. The number of likely N-dealkylation sites (tertiary alicyclic amines) is 1. The van der Waals surface area contributed by atoms with Gasteiger partial charge in [-0.2, -0.15) is 0 Å². The third kappa shape index (κ3) is 6.57. The lowest BCUT2D eigenvalue weighted by Crippen LogP contribution is -2.53. The number of nitrogens with two attached hydrogens (primary N) is 1. The Bertz CT molecular complexity index is 398. The van der Waals surface area contributed by atoms with Crippen molar-refractivity contribution in [2.45, 2.75) is 39.2 Å². The van der Waals surface area contributed by atoms with Crippen LogP contribution in [-0.4, -0.2) is 53.5 Å². The van der Waals surface area contributed by atoms with E-state index in [4.69, 9.17) is 10.8 Å². The minimum Gasteiger partial charge on any atom is -0.481 e. The number of carboxylic acid groups (broad SMARTS) is 1. The fourth-order valence-electron chi connectivity index (χ4n) is 2.66. The van der Waals surface area contributed by atoms with Crippen LogP contribution in [-0.2, 0) is 14.4 Å². The van der Waals surface area contributed by atoms with E-state index in [1.54, 1.807) is 0 Å². The Morgan fingerprint density at radius 2 is 2.00 bits per heavy atom. The van der Waals surface area contributed by atoms with Gasteiger partial charge in [-0.1, -0.05) is 13.8 Å². The number of primary amides is 1. The molecule has 2 unspecified atom stereocenters. The maximum absolute atomic E-state index is 11.8. The van der Waals surface area contributed by atoms with E-state index in [2.05, 4.69) is 5.32 Å². The third-order valence-electron chi connectivity index (χ3n) is 3.63. The van der Waals surface area contributed by atoms with Crippen LogP contribution in [0.15, 0.2) is 0 Å². The highest BCUT2D eigenvalue weighted by Gasteiger charge is 2.29. The highest BCUT2D eigenvalue weighted by Crippen LogP contribution is 2.21. The molecule has 1 heterocycles. The van der Waals surface area contributed by atoms with E-state index in [1.165, 1.54) is 0 Å². The Labute approximate surface area is 124 Å². The smallest absolute Gasteiger partial charge is 0.303 e. The minimum absolute atomic E-state index is 0.0297. The van der Waals surface area contributed by atoms with Crippen LogP contribution in [0.3, 0.4) is 0 Å². The summed E-state index contributed by atoms with van der Waals surface area (Å²) < 4.78 is 0. The van der Waals surface area contributed by atoms with E-state index < -0.39 is 11.9 Å². The number of hydrogen-bond donors (Lipinski definition) is 3. The van der Waals surface area contributed by atoms with Crippen LogP contribution in [0.2, 0.25) is 0 Å². The number of carboxylic acids is 1. The Hall–Kier alpha value is -1.63. The molecule has 4 N–H and O–H groups in total. The molecule has 1 aliphatic rings. The van der Waals surface area contributed by atoms with Crippen molar-refractivity contribution in [1.29, 1.82) is 0 Å². The van der Waals surface area contributed by atoms with E-state index in [1.807, 2.05) is 18.7 Å². The molecular weight excluding hydrogens is 274 g/mol. The average Bonchev–Trinajstić information content (AvgIpc) is 2.35. The fraction of sp³-hybridized carbons (Fsp3) is 0.786. The number of piperidine rings is 1. The number of nitrogens with one attached hydrogen (secondary N) is 1. The number of hydrogen-bond acceptors (Lipinski definition) is 4. The van der Waals surface area contributed by atoms with Crippen LogP contribution in [0.5, 0.6) is 0 Å². The maximum atomic E-state index is 11.8. The molecule has 2 atom stereocenters. The first-order valence-corrected chi connectivity index (χ1v) is 7.30. The Morgan fingerprint density at radius 3 is 2.52 bits per heavy atom. The molecule has 0 aliphatic carbocycles. The SMILES string of the molecule is CC(C)C(=O)NC1CC(CCC(=O)O)CN(CC(N)=O)C1. The molecular formula is C14H25N3O4. The van der Waals surface area contributed by atoms with Gasteiger partial charge in [0.05, 0.1) is 6.54 Å². The highest BCUT2D eigenvalue weighted by atomic mass is 16.4. The molecule has 1 rings (SSSR count). The molecule has 0 aromatic carbocycles. The second-order valence-electron chi connectivity index (χ2n) is 6.05. The summed E-state index contributed by atoms with van der Waals surface area (Å²) in [6.07, 6.45) is 1.37. The van der Waals surface area contributed by atoms with E-state index in [9.17, 15) is 14.4 Å². The standard InChI is InChI=1S/C14H25N3O4/c1-9(2)14(21)16-11-5-10(3-4-13(19)20)6-17(7-11)8-12(15)18/h9-11H,3-8H2,1-2H3,(H2,15,18)(H,16,21)(H,19,20). The quantitative estimate of drug-likeness (QED) is 0.602. The predicted octanol–water partition coefficient (Wildman–Crippen LogP) is -0.201. The number of rotatable bonds is 7. The van der Waals surface area contributed by atoms with Gasteiger partial charge < -0.3 is 16.2 Å². The van der Waals surface area contributed by atoms with Crippen LogP contribution >= 0.6 is 0 Å². The lowest BCUT2D eigenvalue weighted by atomic mass is 9.90. The first-order chi connectivity index (χ1) is 9.77. The zero-order valence-electron chi connectivity index (χ0n) is 12.7. The van der Waals surface area contributed by atoms with Crippen molar-refractivity contribution >= 4 is 17.8 Å². The molecule has 0 bridgehead atoms. The first kappa shape index (κ1) is 17.4. The first-order valence-electron chi connectivity index (χ1n) is 7.30. The topological polar surface area (TPSA) is 113 Å². The van der Waals surface area contributed by atoms with Crippen molar-refractivity contribution in [2.24, 2.45) is 17.6 Å². The molecule has 1 fully saturated rings. The Kier molecular flexibility index (Phi) is 6.61. The molecule has 0 spiro atoms. The molecule has 0 saturated carbocycles. The summed E-state index contributed by atoms with van der Waals surface area (Å²) in [7, 11) is 0. The van der Waals surface area contributed by atoms with Crippen molar-refractivity contribution in [3.8, 4) is 0 Å². The number of nitrogens with zero attached hydrogens (tertiary/aromatic N) is 1. The second kappa shape index (κ2) is 7.97. The van der Waals surface area contributed by atoms with Gasteiger partial charge in [0.1, 0.15) is 0 Å². The van der Waals surface area contributed by atoms with Gasteiger partial charge in [0.25, 0.3) is 0 Å². The lowest BCUT2D eigenvalue weighted by molar-refractivity contribution is -0.137. The normalized spacial score (nSPS) is 23.0. The van der Waals surface area contributed by atoms with Gasteiger partial charge in [0.15, 0.2) is 0 Å². The molecule has 1 saturated heterocycles. The largest absolute Gasteiger partial charge is 0.481 e. The number of amides is 2. The monoisotopic (exact) mass is 299 g/mol. The summed E-state index contributed by atoms with van der Waals surface area (Å²) >= 11 is 0. The van der Waals surface area contributed by atoms with Crippen molar-refractivity contribution in [1.82, 2.24) is 10.2 Å². The molecule has 120 valence electrons. The summed E-state index contributed by atoms with van der Waals surface area (Å²) in [5.41, 5.74) is 5.22. The van der Waals surface area contributed by atoms with Crippen LogP contribution in [0, 0.1) is 11.8 Å². The van der Waals surface area contributed by atoms with E-state index >= 15 is 0 Å². The van der Waals surface area contributed by atoms with Crippen LogP contribution in [0.1, 0.15) is 33.1 Å². The van der Waals surface area contributed by atoms with Crippen LogP contribution in [0.4, 0.5) is 0 Å². The number of carbonyl (C=O) groups is 3. The second-order valence-corrected chi connectivity index (χ2v) is 6.05. The van der Waals surface area contributed by atoms with Gasteiger partial charge in [-0.15, -0.1) is 0 Å². The fourth-order valence-corrected chi connectivity index (χ4v) is 2.66. The van der Waals surface area contributed by atoms with Gasteiger partial charge in [0.2, 0.25) is 11.8 Å².